The molecule has 9 heavy (non-hydrogen) atoms. The van der Waals surface area contributed by atoms with Gasteiger partial charge in [0.1, 0.15) is 0 Å². The molecule has 0 radical (unpaired) electrons. The normalized spacial score (nSPS) is 5.67. The fraction of sp³-hybridized carbons (Fsp3) is 0. The zero-order valence-electron chi connectivity index (χ0n) is 4.35. The van der Waals surface area contributed by atoms with Gasteiger partial charge in [0, 0.05) is 0 Å². The van der Waals surface area contributed by atoms with Crippen molar-refractivity contribution < 1.29 is 30.1 Å². The van der Waals surface area contributed by atoms with Crippen molar-refractivity contribution in [3.8, 4) is 0 Å². The van der Waals surface area contributed by atoms with Crippen LogP contribution in [0.2, 0.25) is 0 Å². The molecule has 3 N–H and O–H groups in total. The summed E-state index contributed by atoms with van der Waals surface area (Å²) < 4.78 is 0. The van der Waals surface area contributed by atoms with E-state index in [2.05, 4.69) is 0 Å². The van der Waals surface area contributed by atoms with Crippen LogP contribution < -0.4 is 10.2 Å². The molecule has 48 valence electrons. The van der Waals surface area contributed by atoms with Crippen molar-refractivity contribution in [2.24, 2.45) is 0 Å². The smallest absolute Gasteiger partial charge is 0.652 e. The van der Waals surface area contributed by atoms with Crippen molar-refractivity contribution in [3.05, 3.63) is 0 Å². The molecule has 0 heterocycles. The van der Waals surface area contributed by atoms with E-state index < -0.39 is 13.5 Å². The van der Waals surface area contributed by atoms with Crippen molar-refractivity contribution in [2.45, 2.75) is 0 Å². The molecule has 0 aromatic carbocycles. The second-order valence-corrected chi connectivity index (χ2v) is 0.596. The van der Waals surface area contributed by atoms with Crippen molar-refractivity contribution >= 4 is 36.5 Å². The number of carboxylic acid groups (broad SMARTS) is 2. The molecule has 6 nitrogen and oxygen atoms in total. The minimum Gasteiger partial charge on any atom is -0.652 e. The van der Waals surface area contributed by atoms with Gasteiger partial charge in [-0.1, -0.05) is 0 Å². The van der Waals surface area contributed by atoms with E-state index in [0.29, 0.717) is 0 Å². The molecule has 0 fully saturated rings. The Morgan fingerprint density at radius 2 is 1.22 bits per heavy atom. The quantitative estimate of drug-likeness (QED) is 0.294. The molecule has 0 atom stereocenters. The summed E-state index contributed by atoms with van der Waals surface area (Å²) >= 11 is 0. The van der Waals surface area contributed by atoms with Gasteiger partial charge in [-0.05, 0) is 6.16 Å². The van der Waals surface area contributed by atoms with Crippen molar-refractivity contribution in [1.82, 2.24) is 0 Å². The number of hydrogen-bond acceptors (Lipinski definition) is 6. The minimum absolute atomic E-state index is 0. The molecule has 8 heteroatoms. The fourth-order valence-electron chi connectivity index (χ4n) is 0. The molecule has 0 spiro atoms. The zero-order valence-corrected chi connectivity index (χ0v) is 5.77. The molecule has 0 aliphatic heterocycles. The summed E-state index contributed by atoms with van der Waals surface area (Å²) in [6.45, 7) is 0. The maximum atomic E-state index is 8.33. The third kappa shape index (κ3) is 805000. The first-order chi connectivity index (χ1) is 3.46. The Kier molecular flexibility index (Phi) is 19.3. The topological polar surface area (TPSA) is 124 Å². The van der Waals surface area contributed by atoms with Crippen LogP contribution in [0.25, 0.3) is 0 Å². The third-order valence-electron chi connectivity index (χ3n) is 0. The third-order valence-corrected chi connectivity index (χ3v) is 0. The first-order valence-electron chi connectivity index (χ1n) is 1.39. The maximum absolute atomic E-state index is 8.33. The summed E-state index contributed by atoms with van der Waals surface area (Å²) in [6.07, 6.45) is -2.33. The second kappa shape index (κ2) is 10.9. The predicted molar refractivity (Wildman–Crippen MR) is 23.6 cm³/mol. The number of carbonyl (C=O) groups is 1. The average Bonchev–Trinajstić information content (AvgIpc) is 1.25. The van der Waals surface area contributed by atoms with Crippen LogP contribution >= 0.6 is 0 Å². The van der Waals surface area contributed by atoms with Gasteiger partial charge in [0.05, 0.1) is 0 Å². The molecule has 0 aromatic rings. The van der Waals surface area contributed by atoms with Crippen LogP contribution in [-0.2, 0) is 0 Å². The first kappa shape index (κ1) is 16.0. The van der Waals surface area contributed by atoms with E-state index in [9.17, 15) is 0 Å². The Bertz CT molecular complexity index is 57.3. The van der Waals surface area contributed by atoms with Crippen LogP contribution in [0.4, 0.5) is 4.79 Å². The summed E-state index contributed by atoms with van der Waals surface area (Å²) in [7, 11) is -2.17. The largest absolute Gasteiger partial charge is 2.00 e. The Morgan fingerprint density at radius 3 is 1.22 bits per heavy atom. The van der Waals surface area contributed by atoms with Gasteiger partial charge in [-0.2, -0.15) is 0 Å². The standard InChI is InChI=1S/CH2O3.BH3O3.Mg/c2*2-1(3)4;/h(H2,2,3,4);2-4H;/q;;+2/p-2. The van der Waals surface area contributed by atoms with Gasteiger partial charge in [-0.15, -0.1) is 0 Å². The molecule has 0 saturated carbocycles. The van der Waals surface area contributed by atoms with E-state index in [1.165, 1.54) is 0 Å². The molecule has 0 aliphatic carbocycles. The molecular weight excluding hydrogens is 143 g/mol. The van der Waals surface area contributed by atoms with Gasteiger partial charge in [0.2, 0.25) is 0 Å². The van der Waals surface area contributed by atoms with Gasteiger partial charge in [0.15, 0.2) is 0 Å². The summed E-state index contributed by atoms with van der Waals surface area (Å²) in [5.74, 6) is 0. The second-order valence-electron chi connectivity index (χ2n) is 0.596. The van der Waals surface area contributed by atoms with Gasteiger partial charge in [-0.3, -0.25) is 0 Å². The zero-order chi connectivity index (χ0) is 7.15. The molecule has 0 saturated heterocycles. The predicted octanol–water partition coefficient (Wildman–Crippen LogP) is -4.88. The molecule has 0 bridgehead atoms. The average molecular weight is 146 g/mol. The van der Waals surface area contributed by atoms with Gasteiger partial charge < -0.3 is 30.1 Å². The first-order valence-corrected chi connectivity index (χ1v) is 1.39. The van der Waals surface area contributed by atoms with Crippen molar-refractivity contribution in [2.75, 3.05) is 0 Å². The van der Waals surface area contributed by atoms with Gasteiger partial charge in [-0.25, -0.2) is 0 Å². The van der Waals surface area contributed by atoms with Crippen LogP contribution in [0.3, 0.4) is 0 Å². The Balaban J connectivity index is -0.0000000720. The molecule has 0 unspecified atom stereocenters. The summed E-state index contributed by atoms with van der Waals surface area (Å²) in [5.41, 5.74) is 0. The Hall–Kier alpha value is -0.0188. The Labute approximate surface area is 67.1 Å². The minimum atomic E-state index is -2.33. The van der Waals surface area contributed by atoms with Crippen LogP contribution in [-0.4, -0.2) is 51.6 Å². The van der Waals surface area contributed by atoms with Crippen LogP contribution in [0.5, 0.6) is 0 Å². The Morgan fingerprint density at radius 1 is 1.22 bits per heavy atom. The van der Waals surface area contributed by atoms with E-state index in [4.69, 9.17) is 30.1 Å². The number of hydrogen-bond donors (Lipinski definition) is 3. The molecule has 0 amide bonds. The number of carbonyl (C=O) groups excluding carboxylic acids is 1. The molecule has 0 rings (SSSR count). The van der Waals surface area contributed by atoms with E-state index >= 15 is 0 Å². The molecule has 0 aromatic heterocycles. The van der Waals surface area contributed by atoms with E-state index in [1.54, 1.807) is 0 Å². The van der Waals surface area contributed by atoms with Gasteiger partial charge >= 0.3 is 30.4 Å². The number of rotatable bonds is 0. The van der Waals surface area contributed by atoms with Crippen molar-refractivity contribution in [3.63, 3.8) is 0 Å². The van der Waals surface area contributed by atoms with Crippen LogP contribution in [0.15, 0.2) is 0 Å². The summed E-state index contributed by atoms with van der Waals surface area (Å²) in [4.78, 5) is 8.33. The van der Waals surface area contributed by atoms with Gasteiger partial charge in [0.25, 0.3) is 0 Å². The fourth-order valence-corrected chi connectivity index (χ4v) is 0. The van der Waals surface area contributed by atoms with Crippen LogP contribution in [0.1, 0.15) is 0 Å². The monoisotopic (exact) mass is 146 g/mol. The summed E-state index contributed by atoms with van der Waals surface area (Å²) in [5, 5.41) is 38.2. The maximum Gasteiger partial charge on any atom is 2.00 e. The SMILES string of the molecule is O=C([O-])[O-].OB(O)O.[Mg+2]. The molecular formula is CH3BMgO6. The van der Waals surface area contributed by atoms with E-state index in [0.717, 1.165) is 0 Å². The van der Waals surface area contributed by atoms with Crippen molar-refractivity contribution in [1.29, 1.82) is 0 Å². The van der Waals surface area contributed by atoms with E-state index in [-0.39, 0.29) is 23.1 Å². The van der Waals surface area contributed by atoms with Crippen LogP contribution in [0, 0.1) is 0 Å². The van der Waals surface area contributed by atoms with E-state index in [1.807, 2.05) is 0 Å². The summed E-state index contributed by atoms with van der Waals surface area (Å²) in [6, 6.07) is 0. The molecule has 0 aliphatic rings.